The third-order valence-corrected chi connectivity index (χ3v) is 4.69. The van der Waals surface area contributed by atoms with Crippen molar-refractivity contribution in [2.75, 3.05) is 30.3 Å². The van der Waals surface area contributed by atoms with Crippen molar-refractivity contribution >= 4 is 23.3 Å². The number of nitrogen functional groups attached to an aromatic ring is 1. The summed E-state index contributed by atoms with van der Waals surface area (Å²) in [5.41, 5.74) is 12.6. The largest absolute Gasteiger partial charge is 0.488 e. The molecular weight excluding hydrogens is 320 g/mol. The van der Waals surface area contributed by atoms with Crippen LogP contribution in [0.15, 0.2) is 48.5 Å². The molecule has 0 bridgehead atoms. The number of ether oxygens (including phenoxy) is 1. The third kappa shape index (κ3) is 2.27. The lowest BCUT2D eigenvalue weighted by atomic mass is 9.88. The SMILES string of the molecule is NC(=O)CN1CC2(c3ccccc3)COc3ccc(N)cc3N2C1=O. The van der Waals surface area contributed by atoms with Gasteiger partial charge in [0, 0.05) is 5.69 Å². The minimum absolute atomic E-state index is 0.137. The summed E-state index contributed by atoms with van der Waals surface area (Å²) in [6, 6.07) is 14.6. The molecule has 0 aliphatic carbocycles. The van der Waals surface area contributed by atoms with Crippen LogP contribution >= 0.6 is 0 Å². The van der Waals surface area contributed by atoms with Crippen LogP contribution in [0.3, 0.4) is 0 Å². The highest BCUT2D eigenvalue weighted by atomic mass is 16.5. The average Bonchev–Trinajstić information content (AvgIpc) is 2.88. The summed E-state index contributed by atoms with van der Waals surface area (Å²) >= 11 is 0. The summed E-state index contributed by atoms with van der Waals surface area (Å²) in [5.74, 6) is 0.0418. The highest BCUT2D eigenvalue weighted by molar-refractivity contribution is 6.00. The van der Waals surface area contributed by atoms with Crippen molar-refractivity contribution in [3.8, 4) is 5.75 Å². The number of carbonyl (C=O) groups is 2. The fourth-order valence-electron chi connectivity index (χ4n) is 3.61. The maximum absolute atomic E-state index is 13.1. The summed E-state index contributed by atoms with van der Waals surface area (Å²) < 4.78 is 5.96. The minimum Gasteiger partial charge on any atom is -0.488 e. The Balaban J connectivity index is 1.88. The summed E-state index contributed by atoms with van der Waals surface area (Å²) in [6.45, 7) is 0.462. The first-order valence-corrected chi connectivity index (χ1v) is 7.96. The van der Waals surface area contributed by atoms with E-state index in [4.69, 9.17) is 16.2 Å². The van der Waals surface area contributed by atoms with Gasteiger partial charge in [0.15, 0.2) is 0 Å². The number of primary amides is 1. The normalized spacial score (nSPS) is 21.5. The van der Waals surface area contributed by atoms with E-state index in [0.717, 1.165) is 5.56 Å². The number of nitrogens with zero attached hydrogens (tertiary/aromatic N) is 2. The number of benzene rings is 2. The lowest BCUT2D eigenvalue weighted by molar-refractivity contribution is -0.118. The second-order valence-electron chi connectivity index (χ2n) is 6.35. The zero-order valence-corrected chi connectivity index (χ0v) is 13.5. The molecule has 25 heavy (non-hydrogen) atoms. The molecule has 7 heteroatoms. The van der Waals surface area contributed by atoms with Gasteiger partial charge in [-0.1, -0.05) is 30.3 Å². The van der Waals surface area contributed by atoms with Crippen LogP contribution < -0.4 is 21.1 Å². The molecule has 2 aromatic rings. The van der Waals surface area contributed by atoms with Crippen LogP contribution in [0, 0.1) is 0 Å². The molecule has 0 radical (unpaired) electrons. The van der Waals surface area contributed by atoms with Crippen LogP contribution in [0.1, 0.15) is 5.56 Å². The highest BCUT2D eigenvalue weighted by Gasteiger charge is 2.55. The van der Waals surface area contributed by atoms with Gasteiger partial charge in [-0.3, -0.25) is 9.69 Å². The minimum atomic E-state index is -0.728. The molecule has 0 aromatic heterocycles. The molecule has 1 fully saturated rings. The summed E-state index contributed by atoms with van der Waals surface area (Å²) in [7, 11) is 0. The number of amides is 3. The first-order valence-electron chi connectivity index (χ1n) is 7.96. The predicted molar refractivity (Wildman–Crippen MR) is 93.1 cm³/mol. The second-order valence-corrected chi connectivity index (χ2v) is 6.35. The van der Waals surface area contributed by atoms with E-state index >= 15 is 0 Å². The molecule has 2 heterocycles. The monoisotopic (exact) mass is 338 g/mol. The topological polar surface area (TPSA) is 102 Å². The van der Waals surface area contributed by atoms with E-state index in [-0.39, 0.29) is 19.2 Å². The molecule has 2 aliphatic rings. The van der Waals surface area contributed by atoms with Crippen LogP contribution in [-0.4, -0.2) is 36.5 Å². The lowest BCUT2D eigenvalue weighted by Gasteiger charge is -2.41. The van der Waals surface area contributed by atoms with Crippen molar-refractivity contribution < 1.29 is 14.3 Å². The highest BCUT2D eigenvalue weighted by Crippen LogP contribution is 2.47. The molecule has 1 atom stereocenters. The van der Waals surface area contributed by atoms with E-state index in [9.17, 15) is 9.59 Å². The van der Waals surface area contributed by atoms with Gasteiger partial charge in [-0.15, -0.1) is 0 Å². The summed E-state index contributed by atoms with van der Waals surface area (Å²) in [4.78, 5) is 27.6. The van der Waals surface area contributed by atoms with Crippen molar-refractivity contribution in [3.63, 3.8) is 0 Å². The number of hydrogen-bond donors (Lipinski definition) is 2. The average molecular weight is 338 g/mol. The second kappa shape index (κ2) is 5.41. The van der Waals surface area contributed by atoms with E-state index in [1.165, 1.54) is 4.90 Å². The van der Waals surface area contributed by atoms with Gasteiger partial charge in [0.05, 0.1) is 12.2 Å². The van der Waals surface area contributed by atoms with Crippen molar-refractivity contribution in [2.45, 2.75) is 5.54 Å². The molecule has 1 unspecified atom stereocenters. The molecule has 3 amide bonds. The van der Waals surface area contributed by atoms with Gasteiger partial charge in [0.2, 0.25) is 5.91 Å². The van der Waals surface area contributed by atoms with Crippen molar-refractivity contribution in [2.24, 2.45) is 5.73 Å². The maximum atomic E-state index is 13.1. The third-order valence-electron chi connectivity index (χ3n) is 4.69. The first-order chi connectivity index (χ1) is 12.0. The van der Waals surface area contributed by atoms with Crippen LogP contribution in [-0.2, 0) is 10.3 Å². The zero-order chi connectivity index (χ0) is 17.6. The van der Waals surface area contributed by atoms with Gasteiger partial charge in [-0.05, 0) is 23.8 Å². The molecule has 7 nitrogen and oxygen atoms in total. The molecule has 0 spiro atoms. The molecule has 1 saturated heterocycles. The number of fused-ring (bicyclic) bond motifs is 3. The Labute approximate surface area is 144 Å². The summed E-state index contributed by atoms with van der Waals surface area (Å²) in [6.07, 6.45) is 0. The predicted octanol–water partition coefficient (Wildman–Crippen LogP) is 1.28. The van der Waals surface area contributed by atoms with Crippen molar-refractivity contribution in [1.29, 1.82) is 0 Å². The van der Waals surface area contributed by atoms with Crippen molar-refractivity contribution in [1.82, 2.24) is 4.90 Å². The van der Waals surface area contributed by atoms with Gasteiger partial charge in [0.25, 0.3) is 0 Å². The molecule has 2 aromatic carbocycles. The number of rotatable bonds is 3. The maximum Gasteiger partial charge on any atom is 0.326 e. The van der Waals surface area contributed by atoms with Gasteiger partial charge in [-0.25, -0.2) is 4.79 Å². The van der Waals surface area contributed by atoms with Crippen LogP contribution in [0.2, 0.25) is 0 Å². The molecule has 2 aliphatic heterocycles. The molecular formula is C18H18N4O3. The first kappa shape index (κ1) is 15.3. The fraction of sp³-hybridized carbons (Fsp3) is 0.222. The number of hydrogen-bond acceptors (Lipinski definition) is 4. The lowest BCUT2D eigenvalue weighted by Crippen LogP contribution is -2.51. The molecule has 4 rings (SSSR count). The van der Waals surface area contributed by atoms with Crippen LogP contribution in [0.4, 0.5) is 16.2 Å². The standard InChI is InChI=1S/C18H18N4O3/c19-13-6-7-15-14(8-13)22-17(24)21(9-16(20)23)10-18(22,11-25-15)12-4-2-1-3-5-12/h1-8H,9-11,19H2,(H2,20,23). The summed E-state index contributed by atoms with van der Waals surface area (Å²) in [5, 5.41) is 0. The Morgan fingerprint density at radius 3 is 2.68 bits per heavy atom. The van der Waals surface area contributed by atoms with E-state index in [1.54, 1.807) is 23.1 Å². The van der Waals surface area contributed by atoms with Crippen LogP contribution in [0.25, 0.3) is 0 Å². The van der Waals surface area contributed by atoms with Crippen LogP contribution in [0.5, 0.6) is 5.75 Å². The smallest absolute Gasteiger partial charge is 0.326 e. The molecule has 0 saturated carbocycles. The number of nitrogens with two attached hydrogens (primary N) is 2. The van der Waals surface area contributed by atoms with Crippen molar-refractivity contribution in [3.05, 3.63) is 54.1 Å². The van der Waals surface area contributed by atoms with Gasteiger partial charge < -0.3 is 21.1 Å². The number of anilines is 2. The Bertz CT molecular complexity index is 855. The van der Waals surface area contributed by atoms with E-state index < -0.39 is 11.4 Å². The number of carbonyl (C=O) groups excluding carboxylic acids is 2. The Morgan fingerprint density at radius 2 is 1.96 bits per heavy atom. The Morgan fingerprint density at radius 1 is 1.20 bits per heavy atom. The molecule has 4 N–H and O–H groups in total. The van der Waals surface area contributed by atoms with E-state index in [2.05, 4.69) is 0 Å². The number of urea groups is 1. The van der Waals surface area contributed by atoms with E-state index in [1.807, 2.05) is 30.3 Å². The van der Waals surface area contributed by atoms with Gasteiger partial charge in [-0.2, -0.15) is 0 Å². The van der Waals surface area contributed by atoms with Gasteiger partial charge in [0.1, 0.15) is 24.4 Å². The van der Waals surface area contributed by atoms with E-state index in [0.29, 0.717) is 23.7 Å². The Kier molecular flexibility index (Phi) is 3.31. The quantitative estimate of drug-likeness (QED) is 0.823. The molecule has 128 valence electrons. The zero-order valence-electron chi connectivity index (χ0n) is 13.5. The van der Waals surface area contributed by atoms with Gasteiger partial charge >= 0.3 is 6.03 Å². The Hall–Kier alpha value is -3.22. The fourth-order valence-corrected chi connectivity index (χ4v) is 3.61.